The van der Waals surface area contributed by atoms with E-state index < -0.39 is 17.6 Å². The van der Waals surface area contributed by atoms with Crippen molar-refractivity contribution in [1.82, 2.24) is 15.1 Å². The Hall–Kier alpha value is -2.84. The molecule has 2 atom stereocenters. The molecule has 1 saturated heterocycles. The number of ether oxygens (including phenoxy) is 1. The van der Waals surface area contributed by atoms with Gasteiger partial charge in [-0.15, -0.1) is 0 Å². The van der Waals surface area contributed by atoms with Crippen LogP contribution in [0.15, 0.2) is 34.5 Å². The lowest BCUT2D eigenvalue weighted by Gasteiger charge is -2.43. The van der Waals surface area contributed by atoms with Crippen molar-refractivity contribution in [3.05, 3.63) is 40.8 Å². The average Bonchev–Trinajstić information content (AvgIpc) is 2.81. The second-order valence-corrected chi connectivity index (χ2v) is 9.36. The molecular weight excluding hydrogens is 476 g/mol. The molecule has 3 aliphatic heterocycles. The molecule has 3 heterocycles. The molecule has 0 aromatic heterocycles. The highest BCUT2D eigenvalue weighted by Gasteiger charge is 2.39. The Morgan fingerprint density at radius 2 is 2.00 bits per heavy atom. The minimum Gasteiger partial charge on any atom is -0.381 e. The Balaban J connectivity index is 1.65. The standard InChI is InChI=1S/C25H32F4N6O/c1-33-20-9-13-34(21-7-3-6-19(26)23(21)25(27,28)29)12-4-5-18(20)24(32-22(33)16-36-2)35-14-11-31-17(15-35)8-10-30/h3,6-7,17,22,31H,4-5,8-9,11-16H2,1-2H3/t17-,22?/m0/s1. The first-order chi connectivity index (χ1) is 17.2. The van der Waals surface area contributed by atoms with Gasteiger partial charge in [0.1, 0.15) is 23.4 Å². The summed E-state index contributed by atoms with van der Waals surface area (Å²) in [5, 5.41) is 12.5. The fourth-order valence-electron chi connectivity index (χ4n) is 5.34. The molecule has 1 fully saturated rings. The molecular formula is C25H32F4N6O. The highest BCUT2D eigenvalue weighted by molar-refractivity contribution is 6.00. The number of piperazine rings is 1. The number of hydrogen-bond acceptors (Lipinski definition) is 7. The van der Waals surface area contributed by atoms with Gasteiger partial charge in [-0.25, -0.2) is 9.38 Å². The van der Waals surface area contributed by atoms with E-state index in [1.165, 1.54) is 12.1 Å². The number of hydrogen-bond donors (Lipinski definition) is 1. The van der Waals surface area contributed by atoms with Gasteiger partial charge in [-0.2, -0.15) is 18.4 Å². The van der Waals surface area contributed by atoms with Gasteiger partial charge < -0.3 is 24.8 Å². The van der Waals surface area contributed by atoms with Crippen LogP contribution in [0.2, 0.25) is 0 Å². The normalized spacial score (nSPS) is 23.6. The summed E-state index contributed by atoms with van der Waals surface area (Å²) in [7, 11) is 3.55. The molecule has 0 bridgehead atoms. The van der Waals surface area contributed by atoms with E-state index >= 15 is 0 Å². The number of rotatable bonds is 4. The summed E-state index contributed by atoms with van der Waals surface area (Å²) in [5.41, 5.74) is 0.791. The molecule has 7 nitrogen and oxygen atoms in total. The lowest BCUT2D eigenvalue weighted by atomic mass is 9.96. The number of likely N-dealkylation sites (N-methyl/N-ethyl adjacent to an activating group) is 1. The maximum Gasteiger partial charge on any atom is 0.421 e. The van der Waals surface area contributed by atoms with Crippen molar-refractivity contribution >= 4 is 11.5 Å². The van der Waals surface area contributed by atoms with Gasteiger partial charge in [0.05, 0.1) is 24.8 Å². The molecule has 196 valence electrons. The Labute approximate surface area is 209 Å². The molecule has 36 heavy (non-hydrogen) atoms. The molecule has 1 unspecified atom stereocenters. The van der Waals surface area contributed by atoms with Crippen LogP contribution in [0.1, 0.15) is 31.2 Å². The summed E-state index contributed by atoms with van der Waals surface area (Å²) >= 11 is 0. The van der Waals surface area contributed by atoms with E-state index in [1.807, 2.05) is 7.05 Å². The molecule has 3 aliphatic rings. The number of anilines is 1. The average molecular weight is 509 g/mol. The van der Waals surface area contributed by atoms with E-state index in [2.05, 4.69) is 21.2 Å². The lowest BCUT2D eigenvalue weighted by molar-refractivity contribution is -0.139. The fraction of sp³-hybridized carbons (Fsp3) is 0.600. The van der Waals surface area contributed by atoms with Gasteiger partial charge >= 0.3 is 6.18 Å². The Morgan fingerprint density at radius 1 is 1.19 bits per heavy atom. The van der Waals surface area contributed by atoms with Crippen molar-refractivity contribution in [2.24, 2.45) is 4.99 Å². The third-order valence-electron chi connectivity index (χ3n) is 7.06. The summed E-state index contributed by atoms with van der Waals surface area (Å²) in [6, 6.07) is 5.82. The predicted molar refractivity (Wildman–Crippen MR) is 129 cm³/mol. The van der Waals surface area contributed by atoms with E-state index in [1.54, 1.807) is 12.0 Å². The van der Waals surface area contributed by atoms with Gasteiger partial charge in [-0.1, -0.05) is 6.07 Å². The summed E-state index contributed by atoms with van der Waals surface area (Å²) in [6.45, 7) is 3.23. The van der Waals surface area contributed by atoms with E-state index in [0.29, 0.717) is 51.9 Å². The number of halogens is 4. The highest BCUT2D eigenvalue weighted by Crippen LogP contribution is 2.40. The van der Waals surface area contributed by atoms with Crippen LogP contribution in [0.3, 0.4) is 0 Å². The van der Waals surface area contributed by atoms with E-state index in [-0.39, 0.29) is 17.9 Å². The molecule has 0 amide bonds. The zero-order valence-electron chi connectivity index (χ0n) is 20.6. The molecule has 1 aromatic rings. The highest BCUT2D eigenvalue weighted by atomic mass is 19.4. The van der Waals surface area contributed by atoms with Crippen LogP contribution in [0, 0.1) is 17.1 Å². The van der Waals surface area contributed by atoms with Crippen LogP contribution >= 0.6 is 0 Å². The molecule has 11 heteroatoms. The first kappa shape index (κ1) is 26.2. The Kier molecular flexibility index (Phi) is 8.05. The van der Waals surface area contributed by atoms with Crippen molar-refractivity contribution in [3.8, 4) is 6.07 Å². The van der Waals surface area contributed by atoms with E-state index in [9.17, 15) is 17.6 Å². The zero-order valence-corrected chi connectivity index (χ0v) is 20.6. The molecule has 0 aliphatic carbocycles. The number of methoxy groups -OCH3 is 1. The van der Waals surface area contributed by atoms with Gasteiger partial charge in [0.15, 0.2) is 0 Å². The third kappa shape index (κ3) is 5.44. The monoisotopic (exact) mass is 508 g/mol. The smallest absolute Gasteiger partial charge is 0.381 e. The van der Waals surface area contributed by atoms with Crippen molar-refractivity contribution < 1.29 is 22.3 Å². The third-order valence-corrected chi connectivity index (χ3v) is 7.06. The molecule has 4 rings (SSSR count). The van der Waals surface area contributed by atoms with Crippen LogP contribution in [0.4, 0.5) is 23.2 Å². The number of alkyl halides is 3. The minimum atomic E-state index is -4.78. The fourth-order valence-corrected chi connectivity index (χ4v) is 5.34. The number of nitrogens with zero attached hydrogens (tertiary/aromatic N) is 5. The van der Waals surface area contributed by atoms with Gasteiger partial charge in [0.25, 0.3) is 0 Å². The zero-order chi connectivity index (χ0) is 25.9. The predicted octanol–water partition coefficient (Wildman–Crippen LogP) is 3.59. The van der Waals surface area contributed by atoms with E-state index in [0.717, 1.165) is 36.3 Å². The number of amidine groups is 1. The van der Waals surface area contributed by atoms with E-state index in [4.69, 9.17) is 15.0 Å². The van der Waals surface area contributed by atoms with Gasteiger partial charge in [0, 0.05) is 70.6 Å². The summed E-state index contributed by atoms with van der Waals surface area (Å²) in [4.78, 5) is 10.9. The molecule has 0 spiro atoms. The second kappa shape index (κ2) is 11.0. The van der Waals surface area contributed by atoms with Crippen LogP contribution in [-0.2, 0) is 10.9 Å². The number of nitrogens with one attached hydrogen (secondary N) is 1. The van der Waals surface area contributed by atoms with Gasteiger partial charge in [-0.05, 0) is 25.0 Å². The van der Waals surface area contributed by atoms with Crippen LogP contribution in [-0.4, -0.2) is 81.3 Å². The van der Waals surface area contributed by atoms with Crippen molar-refractivity contribution in [2.75, 3.05) is 58.4 Å². The largest absolute Gasteiger partial charge is 0.421 e. The minimum absolute atomic E-state index is 0.0499. The second-order valence-electron chi connectivity index (χ2n) is 9.36. The molecule has 1 aromatic carbocycles. The van der Waals surface area contributed by atoms with Crippen molar-refractivity contribution in [1.29, 1.82) is 5.26 Å². The van der Waals surface area contributed by atoms with Gasteiger partial charge in [0.2, 0.25) is 0 Å². The van der Waals surface area contributed by atoms with Crippen molar-refractivity contribution in [2.45, 2.75) is 44.1 Å². The Morgan fingerprint density at radius 3 is 2.72 bits per heavy atom. The molecule has 0 saturated carbocycles. The van der Waals surface area contributed by atoms with Crippen LogP contribution in [0.5, 0.6) is 0 Å². The first-order valence-corrected chi connectivity index (χ1v) is 12.2. The van der Waals surface area contributed by atoms with Crippen LogP contribution in [0.25, 0.3) is 0 Å². The molecule has 0 radical (unpaired) electrons. The molecule has 1 N–H and O–H groups in total. The quantitative estimate of drug-likeness (QED) is 0.628. The van der Waals surface area contributed by atoms with Crippen molar-refractivity contribution in [3.63, 3.8) is 0 Å². The topological polar surface area (TPSA) is 67.1 Å². The first-order valence-electron chi connectivity index (χ1n) is 12.2. The number of aliphatic imine (C=N–C) groups is 1. The maximum absolute atomic E-state index is 14.3. The Bertz CT molecular complexity index is 1050. The summed E-state index contributed by atoms with van der Waals surface area (Å²) in [6.07, 6.45) is -2.91. The SMILES string of the molecule is COCC1N=C(N2CCN[C@@H](CC#N)C2)C2=C(CCN(c3cccc(F)c3C(F)(F)F)CCC2)N1C. The summed E-state index contributed by atoms with van der Waals surface area (Å²) in [5.74, 6) is -0.360. The van der Waals surface area contributed by atoms with Gasteiger partial charge in [-0.3, -0.25) is 0 Å². The lowest BCUT2D eigenvalue weighted by Crippen LogP contribution is -2.55. The number of nitriles is 1. The summed E-state index contributed by atoms with van der Waals surface area (Å²) < 4.78 is 60.8. The van der Waals surface area contributed by atoms with Crippen LogP contribution < -0.4 is 10.2 Å². The maximum atomic E-state index is 14.3. The number of benzene rings is 1.